The molecule has 0 spiro atoms. The molecule has 31 heavy (non-hydrogen) atoms. The monoisotopic (exact) mass is 434 g/mol. The van der Waals surface area contributed by atoms with Crippen LogP contribution in [0, 0.1) is 0 Å². The summed E-state index contributed by atoms with van der Waals surface area (Å²) in [7, 11) is 2.23. The van der Waals surface area contributed by atoms with Crippen molar-refractivity contribution in [2.24, 2.45) is 0 Å². The summed E-state index contributed by atoms with van der Waals surface area (Å²) in [4.78, 5) is 8.01. The molecule has 0 amide bonds. The maximum absolute atomic E-state index is 13.5. The zero-order valence-electron chi connectivity index (χ0n) is 17.9. The quantitative estimate of drug-likeness (QED) is 0.506. The van der Waals surface area contributed by atoms with Gasteiger partial charge in [0.1, 0.15) is 0 Å². The molecule has 2 N–H and O–H groups in total. The van der Waals surface area contributed by atoms with Gasteiger partial charge in [-0.1, -0.05) is 36.4 Å². The summed E-state index contributed by atoms with van der Waals surface area (Å²) in [5.74, 6) is 0. The molecule has 0 radical (unpaired) electrons. The van der Waals surface area contributed by atoms with Crippen molar-refractivity contribution in [3.8, 4) is 0 Å². The zero-order valence-corrected chi connectivity index (χ0v) is 18.8. The Kier molecular flexibility index (Phi) is 4.68. The fourth-order valence-corrected chi connectivity index (χ4v) is 5.87. The SMILES string of the molecule is CN1CCc2c([nH]c3c(NS(=O)(=O)c4cccc5c(N(C)C)cccc45)cccc23)C1. The van der Waals surface area contributed by atoms with Gasteiger partial charge >= 0.3 is 0 Å². The number of rotatable bonds is 4. The molecule has 1 aliphatic heterocycles. The summed E-state index contributed by atoms with van der Waals surface area (Å²) >= 11 is 0. The topological polar surface area (TPSA) is 68.4 Å². The summed E-state index contributed by atoms with van der Waals surface area (Å²) in [5, 5.41) is 2.71. The molecule has 0 fully saturated rings. The number of nitrogens with one attached hydrogen (secondary N) is 2. The molecule has 0 atom stereocenters. The number of aromatic nitrogens is 1. The third-order valence-electron chi connectivity index (χ3n) is 6.08. The van der Waals surface area contributed by atoms with E-state index in [9.17, 15) is 8.42 Å². The van der Waals surface area contributed by atoms with E-state index in [4.69, 9.17) is 0 Å². The van der Waals surface area contributed by atoms with Crippen molar-refractivity contribution >= 4 is 43.1 Å². The van der Waals surface area contributed by atoms with Crippen LogP contribution < -0.4 is 9.62 Å². The average Bonchev–Trinajstić information content (AvgIpc) is 3.11. The van der Waals surface area contributed by atoms with Gasteiger partial charge in [-0.2, -0.15) is 0 Å². The Bertz CT molecular complexity index is 1410. The molecule has 7 heteroatoms. The first kappa shape index (κ1) is 19.9. The molecule has 1 aliphatic rings. The molecule has 1 aromatic heterocycles. The molecule has 0 bridgehead atoms. The van der Waals surface area contributed by atoms with Crippen LogP contribution in [0.25, 0.3) is 21.7 Å². The van der Waals surface area contributed by atoms with E-state index in [1.807, 2.05) is 55.4 Å². The summed E-state index contributed by atoms with van der Waals surface area (Å²) < 4.78 is 29.8. The van der Waals surface area contributed by atoms with Gasteiger partial charge < -0.3 is 14.8 Å². The average molecular weight is 435 g/mol. The first-order valence-electron chi connectivity index (χ1n) is 10.4. The van der Waals surface area contributed by atoms with Crippen LogP contribution >= 0.6 is 0 Å². The normalized spacial score (nSPS) is 14.7. The lowest BCUT2D eigenvalue weighted by Crippen LogP contribution is -2.26. The third kappa shape index (κ3) is 3.34. The maximum Gasteiger partial charge on any atom is 0.262 e. The largest absolute Gasteiger partial charge is 0.377 e. The molecule has 0 saturated carbocycles. The Morgan fingerprint density at radius 1 is 0.968 bits per heavy atom. The molecule has 160 valence electrons. The molecule has 0 saturated heterocycles. The van der Waals surface area contributed by atoms with E-state index in [1.54, 1.807) is 12.1 Å². The van der Waals surface area contributed by atoms with Gasteiger partial charge in [-0.25, -0.2) is 8.42 Å². The van der Waals surface area contributed by atoms with Crippen LogP contribution in [0.1, 0.15) is 11.3 Å². The summed E-state index contributed by atoms with van der Waals surface area (Å²) in [6.07, 6.45) is 0.957. The lowest BCUT2D eigenvalue weighted by molar-refractivity contribution is 0.310. The Morgan fingerprint density at radius 3 is 2.48 bits per heavy atom. The number of sulfonamides is 1. The molecule has 5 rings (SSSR count). The van der Waals surface area contributed by atoms with Crippen LogP contribution in [0.15, 0.2) is 59.5 Å². The lowest BCUT2D eigenvalue weighted by atomic mass is 10.0. The Morgan fingerprint density at radius 2 is 1.68 bits per heavy atom. The van der Waals surface area contributed by atoms with Crippen molar-refractivity contribution < 1.29 is 8.42 Å². The minimum atomic E-state index is -3.78. The van der Waals surface area contributed by atoms with E-state index >= 15 is 0 Å². The van der Waals surface area contributed by atoms with Gasteiger partial charge in [0.15, 0.2) is 0 Å². The van der Waals surface area contributed by atoms with E-state index in [2.05, 4.69) is 27.7 Å². The fraction of sp³-hybridized carbons (Fsp3) is 0.250. The molecule has 3 aromatic carbocycles. The number of nitrogens with zero attached hydrogens (tertiary/aromatic N) is 2. The third-order valence-corrected chi connectivity index (χ3v) is 7.50. The number of H-pyrrole nitrogens is 1. The predicted octanol–water partition coefficient (Wildman–Crippen LogP) is 4.18. The van der Waals surface area contributed by atoms with Crippen LogP contribution in [-0.2, 0) is 23.0 Å². The van der Waals surface area contributed by atoms with Crippen LogP contribution in [0.2, 0.25) is 0 Å². The second kappa shape index (κ2) is 7.28. The Labute approximate surface area is 182 Å². The highest BCUT2D eigenvalue weighted by Crippen LogP contribution is 2.34. The second-order valence-electron chi connectivity index (χ2n) is 8.43. The van der Waals surface area contributed by atoms with Gasteiger partial charge in [-0.3, -0.25) is 4.72 Å². The van der Waals surface area contributed by atoms with Crippen molar-refractivity contribution in [3.63, 3.8) is 0 Å². The second-order valence-corrected chi connectivity index (χ2v) is 10.1. The number of aromatic amines is 1. The molecule has 4 aromatic rings. The van der Waals surface area contributed by atoms with E-state index in [0.717, 1.165) is 47.2 Å². The predicted molar refractivity (Wildman–Crippen MR) is 127 cm³/mol. The molecule has 0 aliphatic carbocycles. The van der Waals surface area contributed by atoms with Crippen LogP contribution in [-0.4, -0.2) is 46.0 Å². The highest BCUT2D eigenvalue weighted by molar-refractivity contribution is 7.93. The van der Waals surface area contributed by atoms with Gasteiger partial charge in [-0.15, -0.1) is 0 Å². The van der Waals surface area contributed by atoms with Crippen molar-refractivity contribution in [2.75, 3.05) is 37.3 Å². The van der Waals surface area contributed by atoms with Gasteiger partial charge in [0, 0.05) is 54.7 Å². The first-order chi connectivity index (χ1) is 14.8. The molecular weight excluding hydrogens is 408 g/mol. The standard InChI is InChI=1S/C24H26N4O2S/c1-27(2)22-11-5-8-18-17(22)7-6-12-23(18)31(29,30)26-20-10-4-9-19-16-13-14-28(3)15-21(16)25-24(19)20/h4-12,25-26H,13-15H2,1-3H3. The molecular formula is C24H26N4O2S. The number of benzene rings is 3. The van der Waals surface area contributed by atoms with Crippen molar-refractivity contribution in [1.29, 1.82) is 0 Å². The van der Waals surface area contributed by atoms with E-state index in [-0.39, 0.29) is 4.90 Å². The molecule has 6 nitrogen and oxygen atoms in total. The van der Waals surface area contributed by atoms with Crippen LogP contribution in [0.3, 0.4) is 0 Å². The summed E-state index contributed by atoms with van der Waals surface area (Å²) in [6, 6.07) is 17.0. The van der Waals surface area contributed by atoms with Gasteiger partial charge in [0.2, 0.25) is 0 Å². The Balaban J connectivity index is 1.61. The van der Waals surface area contributed by atoms with E-state index in [1.165, 1.54) is 5.56 Å². The van der Waals surface area contributed by atoms with E-state index in [0.29, 0.717) is 11.1 Å². The van der Waals surface area contributed by atoms with Crippen LogP contribution in [0.5, 0.6) is 0 Å². The maximum atomic E-state index is 13.5. The number of likely N-dealkylation sites (N-methyl/N-ethyl adjacent to an activating group) is 1. The number of anilines is 2. The Hall–Kier alpha value is -3.03. The summed E-state index contributed by atoms with van der Waals surface area (Å²) in [6.45, 7) is 1.84. The van der Waals surface area contributed by atoms with E-state index < -0.39 is 10.0 Å². The number of hydrogen-bond donors (Lipinski definition) is 2. The highest BCUT2D eigenvalue weighted by Gasteiger charge is 2.23. The lowest BCUT2D eigenvalue weighted by Gasteiger charge is -2.22. The number of para-hydroxylation sites is 1. The van der Waals surface area contributed by atoms with Gasteiger partial charge in [0.05, 0.1) is 16.1 Å². The van der Waals surface area contributed by atoms with Crippen molar-refractivity contribution in [2.45, 2.75) is 17.9 Å². The fourth-order valence-electron chi connectivity index (χ4n) is 4.57. The van der Waals surface area contributed by atoms with Gasteiger partial charge in [0.25, 0.3) is 10.0 Å². The summed E-state index contributed by atoms with van der Waals surface area (Å²) in [5.41, 5.74) is 4.86. The number of hydrogen-bond acceptors (Lipinski definition) is 4. The highest BCUT2D eigenvalue weighted by atomic mass is 32.2. The zero-order chi connectivity index (χ0) is 21.8. The minimum Gasteiger partial charge on any atom is -0.377 e. The molecule has 0 unspecified atom stereocenters. The molecule has 2 heterocycles. The minimum absolute atomic E-state index is 0.279. The van der Waals surface area contributed by atoms with Gasteiger partial charge in [-0.05, 0) is 37.2 Å². The smallest absolute Gasteiger partial charge is 0.262 e. The van der Waals surface area contributed by atoms with Crippen LogP contribution in [0.4, 0.5) is 11.4 Å². The number of fused-ring (bicyclic) bond motifs is 4. The van der Waals surface area contributed by atoms with Crippen molar-refractivity contribution in [1.82, 2.24) is 9.88 Å². The van der Waals surface area contributed by atoms with Crippen molar-refractivity contribution in [3.05, 3.63) is 65.9 Å². The first-order valence-corrected chi connectivity index (χ1v) is 11.9.